The minimum atomic E-state index is 0.368. The maximum Gasteiger partial charge on any atom is 0.0166 e. The van der Waals surface area contributed by atoms with Crippen molar-refractivity contribution in [2.75, 3.05) is 32.7 Å². The maximum atomic E-state index is 3.46. The lowest BCUT2D eigenvalue weighted by Gasteiger charge is -2.32. The zero-order valence-corrected chi connectivity index (χ0v) is 11.5. The standard InChI is InChI=1S/C14H28N2/c1-5-8-15-9-12-16-10-6-13(7-11-16)14(2,3)4/h6,15H,5,7-12H2,1-4H3. The molecule has 94 valence electrons. The van der Waals surface area contributed by atoms with E-state index in [2.05, 4.69) is 44.0 Å². The summed E-state index contributed by atoms with van der Waals surface area (Å²) < 4.78 is 0. The molecule has 0 saturated heterocycles. The van der Waals surface area contributed by atoms with Crippen molar-refractivity contribution in [1.29, 1.82) is 0 Å². The molecule has 0 saturated carbocycles. The molecule has 2 nitrogen and oxygen atoms in total. The van der Waals surface area contributed by atoms with Crippen LogP contribution in [0.3, 0.4) is 0 Å². The molecule has 0 aliphatic carbocycles. The summed E-state index contributed by atoms with van der Waals surface area (Å²) in [5.41, 5.74) is 2.00. The topological polar surface area (TPSA) is 15.3 Å². The number of hydrogen-bond donors (Lipinski definition) is 1. The Morgan fingerprint density at radius 3 is 2.56 bits per heavy atom. The largest absolute Gasteiger partial charge is 0.315 e. The predicted octanol–water partition coefficient (Wildman–Crippen LogP) is 2.66. The molecule has 16 heavy (non-hydrogen) atoms. The molecule has 0 fully saturated rings. The lowest BCUT2D eigenvalue weighted by molar-refractivity contribution is 0.278. The van der Waals surface area contributed by atoms with Crippen molar-refractivity contribution >= 4 is 0 Å². The van der Waals surface area contributed by atoms with Gasteiger partial charge < -0.3 is 5.32 Å². The Bertz CT molecular complexity index is 225. The van der Waals surface area contributed by atoms with E-state index in [4.69, 9.17) is 0 Å². The lowest BCUT2D eigenvalue weighted by Crippen LogP contribution is -2.36. The van der Waals surface area contributed by atoms with Crippen LogP contribution in [0.15, 0.2) is 11.6 Å². The minimum Gasteiger partial charge on any atom is -0.315 e. The van der Waals surface area contributed by atoms with E-state index in [9.17, 15) is 0 Å². The molecule has 1 aliphatic heterocycles. The fourth-order valence-corrected chi connectivity index (χ4v) is 2.13. The number of rotatable bonds is 5. The quantitative estimate of drug-likeness (QED) is 0.570. The summed E-state index contributed by atoms with van der Waals surface area (Å²) in [5, 5.41) is 3.46. The fraction of sp³-hybridized carbons (Fsp3) is 0.857. The number of hydrogen-bond acceptors (Lipinski definition) is 2. The maximum absolute atomic E-state index is 3.46. The second-order valence-electron chi connectivity index (χ2n) is 5.78. The predicted molar refractivity (Wildman–Crippen MR) is 71.8 cm³/mol. The van der Waals surface area contributed by atoms with Gasteiger partial charge in [0.25, 0.3) is 0 Å². The Morgan fingerprint density at radius 2 is 2.06 bits per heavy atom. The first-order valence-electron chi connectivity index (χ1n) is 6.66. The third-order valence-electron chi connectivity index (χ3n) is 3.29. The summed E-state index contributed by atoms with van der Waals surface area (Å²) in [6.45, 7) is 15.0. The van der Waals surface area contributed by atoms with E-state index in [0.717, 1.165) is 19.6 Å². The van der Waals surface area contributed by atoms with Crippen molar-refractivity contribution in [3.05, 3.63) is 11.6 Å². The molecule has 0 atom stereocenters. The highest BCUT2D eigenvalue weighted by molar-refractivity contribution is 5.14. The first-order chi connectivity index (χ1) is 7.54. The summed E-state index contributed by atoms with van der Waals surface area (Å²) in [5.74, 6) is 0. The van der Waals surface area contributed by atoms with Gasteiger partial charge in [0.2, 0.25) is 0 Å². The van der Waals surface area contributed by atoms with Crippen LogP contribution < -0.4 is 5.32 Å². The smallest absolute Gasteiger partial charge is 0.0166 e. The molecular formula is C14H28N2. The molecule has 1 heterocycles. The highest BCUT2D eigenvalue weighted by atomic mass is 15.1. The molecule has 0 unspecified atom stereocenters. The van der Waals surface area contributed by atoms with Crippen LogP contribution in [0.5, 0.6) is 0 Å². The highest BCUT2D eigenvalue weighted by Gasteiger charge is 2.20. The van der Waals surface area contributed by atoms with Gasteiger partial charge in [0, 0.05) is 26.2 Å². The van der Waals surface area contributed by atoms with Crippen LogP contribution in [0.1, 0.15) is 40.5 Å². The van der Waals surface area contributed by atoms with Gasteiger partial charge in [-0.2, -0.15) is 0 Å². The SMILES string of the molecule is CCCNCCN1CC=C(C(C)(C)C)CC1. The van der Waals surface area contributed by atoms with Gasteiger partial charge in [0.15, 0.2) is 0 Å². The summed E-state index contributed by atoms with van der Waals surface area (Å²) >= 11 is 0. The van der Waals surface area contributed by atoms with Crippen molar-refractivity contribution in [3.8, 4) is 0 Å². The van der Waals surface area contributed by atoms with E-state index in [1.165, 1.54) is 25.9 Å². The molecule has 0 aromatic carbocycles. The Morgan fingerprint density at radius 1 is 1.31 bits per heavy atom. The van der Waals surface area contributed by atoms with E-state index >= 15 is 0 Å². The Hall–Kier alpha value is -0.340. The summed E-state index contributed by atoms with van der Waals surface area (Å²) in [6.07, 6.45) is 4.91. The Kier molecular flexibility index (Phi) is 5.50. The Labute approximate surface area is 101 Å². The molecule has 0 amide bonds. The van der Waals surface area contributed by atoms with Gasteiger partial charge in [0.05, 0.1) is 0 Å². The number of nitrogens with one attached hydrogen (secondary N) is 1. The van der Waals surface area contributed by atoms with E-state index in [-0.39, 0.29) is 0 Å². The fourth-order valence-electron chi connectivity index (χ4n) is 2.13. The van der Waals surface area contributed by atoms with E-state index in [1.807, 2.05) is 0 Å². The zero-order chi connectivity index (χ0) is 12.0. The third kappa shape index (κ3) is 4.67. The van der Waals surface area contributed by atoms with Crippen LogP contribution in [-0.4, -0.2) is 37.6 Å². The first-order valence-corrected chi connectivity index (χ1v) is 6.66. The molecule has 0 bridgehead atoms. The molecule has 0 spiro atoms. The van der Waals surface area contributed by atoms with Crippen LogP contribution in [0.4, 0.5) is 0 Å². The second kappa shape index (κ2) is 6.41. The van der Waals surface area contributed by atoms with Gasteiger partial charge in [-0.25, -0.2) is 0 Å². The van der Waals surface area contributed by atoms with Crippen LogP contribution in [0.2, 0.25) is 0 Å². The van der Waals surface area contributed by atoms with E-state index < -0.39 is 0 Å². The molecule has 1 rings (SSSR count). The van der Waals surface area contributed by atoms with Gasteiger partial charge in [-0.05, 0) is 24.8 Å². The van der Waals surface area contributed by atoms with Gasteiger partial charge in [-0.1, -0.05) is 39.3 Å². The molecule has 0 aromatic heterocycles. The van der Waals surface area contributed by atoms with Crippen molar-refractivity contribution in [2.45, 2.75) is 40.5 Å². The summed E-state index contributed by atoms with van der Waals surface area (Å²) in [4.78, 5) is 2.54. The second-order valence-corrected chi connectivity index (χ2v) is 5.78. The van der Waals surface area contributed by atoms with Gasteiger partial charge >= 0.3 is 0 Å². The minimum absolute atomic E-state index is 0.368. The van der Waals surface area contributed by atoms with Crippen LogP contribution in [0.25, 0.3) is 0 Å². The monoisotopic (exact) mass is 224 g/mol. The average molecular weight is 224 g/mol. The summed E-state index contributed by atoms with van der Waals surface area (Å²) in [7, 11) is 0. The van der Waals surface area contributed by atoms with Crippen molar-refractivity contribution in [3.63, 3.8) is 0 Å². The summed E-state index contributed by atoms with van der Waals surface area (Å²) in [6, 6.07) is 0. The zero-order valence-electron chi connectivity index (χ0n) is 11.5. The van der Waals surface area contributed by atoms with Crippen LogP contribution in [-0.2, 0) is 0 Å². The average Bonchev–Trinajstić information content (AvgIpc) is 2.24. The van der Waals surface area contributed by atoms with Gasteiger partial charge in [-0.3, -0.25) is 4.90 Å². The van der Waals surface area contributed by atoms with Crippen molar-refractivity contribution in [1.82, 2.24) is 10.2 Å². The molecular weight excluding hydrogens is 196 g/mol. The molecule has 1 aliphatic rings. The van der Waals surface area contributed by atoms with Gasteiger partial charge in [0.1, 0.15) is 0 Å². The van der Waals surface area contributed by atoms with E-state index in [0.29, 0.717) is 5.41 Å². The Balaban J connectivity index is 2.23. The first kappa shape index (κ1) is 13.7. The third-order valence-corrected chi connectivity index (χ3v) is 3.29. The van der Waals surface area contributed by atoms with E-state index in [1.54, 1.807) is 5.57 Å². The molecule has 2 heteroatoms. The lowest BCUT2D eigenvalue weighted by atomic mass is 9.83. The molecule has 1 N–H and O–H groups in total. The van der Waals surface area contributed by atoms with Gasteiger partial charge in [-0.15, -0.1) is 0 Å². The van der Waals surface area contributed by atoms with Crippen LogP contribution >= 0.6 is 0 Å². The normalized spacial score (nSPS) is 18.6. The molecule has 0 radical (unpaired) electrons. The highest BCUT2D eigenvalue weighted by Crippen LogP contribution is 2.29. The van der Waals surface area contributed by atoms with Crippen molar-refractivity contribution < 1.29 is 0 Å². The van der Waals surface area contributed by atoms with Crippen LogP contribution in [0, 0.1) is 5.41 Å². The molecule has 0 aromatic rings. The number of nitrogens with zero attached hydrogens (tertiary/aromatic N) is 1. The van der Waals surface area contributed by atoms with Crippen molar-refractivity contribution in [2.24, 2.45) is 5.41 Å².